The van der Waals surface area contributed by atoms with Crippen molar-refractivity contribution in [2.45, 2.75) is 13.8 Å². The highest BCUT2D eigenvalue weighted by molar-refractivity contribution is 5.92. The standard InChI is InChI=1S/C19H24FN5O/c1-3-23(4-2)19(26)17-13-22-18(14-21-17)25-11-9-24(10-12-25)16-7-5-15(20)6-8-16/h5-8,13-14H,3-4,9-12H2,1-2H3. The molecule has 26 heavy (non-hydrogen) atoms. The summed E-state index contributed by atoms with van der Waals surface area (Å²) in [6, 6.07) is 6.58. The first-order chi connectivity index (χ1) is 12.6. The summed E-state index contributed by atoms with van der Waals surface area (Å²) in [5.41, 5.74) is 1.40. The number of aromatic nitrogens is 2. The molecule has 0 unspecified atom stereocenters. The minimum atomic E-state index is -0.220. The van der Waals surface area contributed by atoms with Gasteiger partial charge < -0.3 is 14.7 Å². The number of hydrogen-bond acceptors (Lipinski definition) is 5. The van der Waals surface area contributed by atoms with Crippen LogP contribution in [0.2, 0.25) is 0 Å². The Bertz CT molecular complexity index is 723. The highest BCUT2D eigenvalue weighted by Gasteiger charge is 2.20. The molecule has 1 fully saturated rings. The summed E-state index contributed by atoms with van der Waals surface area (Å²) in [4.78, 5) is 27.1. The largest absolute Gasteiger partial charge is 0.368 e. The minimum Gasteiger partial charge on any atom is -0.368 e. The zero-order valence-electron chi connectivity index (χ0n) is 15.2. The summed E-state index contributed by atoms with van der Waals surface area (Å²) >= 11 is 0. The zero-order chi connectivity index (χ0) is 18.5. The van der Waals surface area contributed by atoms with E-state index in [-0.39, 0.29) is 11.7 Å². The molecule has 0 saturated carbocycles. The van der Waals surface area contributed by atoms with Crippen molar-refractivity contribution in [3.63, 3.8) is 0 Å². The van der Waals surface area contributed by atoms with Crippen molar-refractivity contribution in [1.29, 1.82) is 0 Å². The molecule has 2 aromatic rings. The van der Waals surface area contributed by atoms with Crippen LogP contribution in [0, 0.1) is 5.82 Å². The molecule has 1 aromatic heterocycles. The number of piperazine rings is 1. The number of rotatable bonds is 5. The Hall–Kier alpha value is -2.70. The van der Waals surface area contributed by atoms with Gasteiger partial charge in [-0.3, -0.25) is 4.79 Å². The summed E-state index contributed by atoms with van der Waals surface area (Å²) in [5, 5.41) is 0. The SMILES string of the molecule is CCN(CC)C(=O)c1cnc(N2CCN(c3ccc(F)cc3)CC2)cn1. The number of carbonyl (C=O) groups is 1. The minimum absolute atomic E-state index is 0.0878. The second-order valence-electron chi connectivity index (χ2n) is 6.19. The van der Waals surface area contributed by atoms with Crippen LogP contribution in [0.4, 0.5) is 15.9 Å². The third-order valence-corrected chi connectivity index (χ3v) is 4.70. The lowest BCUT2D eigenvalue weighted by Crippen LogP contribution is -2.46. The summed E-state index contributed by atoms with van der Waals surface area (Å²) in [7, 11) is 0. The van der Waals surface area contributed by atoms with E-state index in [4.69, 9.17) is 0 Å². The van der Waals surface area contributed by atoms with Gasteiger partial charge in [0.1, 0.15) is 17.3 Å². The lowest BCUT2D eigenvalue weighted by atomic mass is 10.2. The third kappa shape index (κ3) is 3.92. The van der Waals surface area contributed by atoms with Crippen LogP contribution < -0.4 is 9.80 Å². The van der Waals surface area contributed by atoms with E-state index in [0.29, 0.717) is 18.8 Å². The molecule has 0 radical (unpaired) electrons. The maximum absolute atomic E-state index is 13.1. The molecular weight excluding hydrogens is 333 g/mol. The average molecular weight is 357 g/mol. The fourth-order valence-corrected chi connectivity index (χ4v) is 3.11. The smallest absolute Gasteiger partial charge is 0.274 e. The van der Waals surface area contributed by atoms with Gasteiger partial charge in [-0.2, -0.15) is 0 Å². The molecule has 0 bridgehead atoms. The van der Waals surface area contributed by atoms with E-state index in [1.54, 1.807) is 29.4 Å². The van der Waals surface area contributed by atoms with Gasteiger partial charge in [0.15, 0.2) is 0 Å². The van der Waals surface area contributed by atoms with Crippen LogP contribution in [0.25, 0.3) is 0 Å². The molecule has 0 N–H and O–H groups in total. The fourth-order valence-electron chi connectivity index (χ4n) is 3.11. The van der Waals surface area contributed by atoms with Crippen LogP contribution in [0.1, 0.15) is 24.3 Å². The van der Waals surface area contributed by atoms with E-state index >= 15 is 0 Å². The number of carbonyl (C=O) groups excluding carboxylic acids is 1. The summed E-state index contributed by atoms with van der Waals surface area (Å²) in [6.07, 6.45) is 3.23. The van der Waals surface area contributed by atoms with Crippen molar-refractivity contribution in [1.82, 2.24) is 14.9 Å². The van der Waals surface area contributed by atoms with Crippen molar-refractivity contribution in [2.75, 3.05) is 49.1 Å². The molecule has 138 valence electrons. The topological polar surface area (TPSA) is 52.6 Å². The molecule has 6 nitrogen and oxygen atoms in total. The molecule has 3 rings (SSSR count). The first kappa shape index (κ1) is 18.1. The molecule has 1 saturated heterocycles. The predicted molar refractivity (Wildman–Crippen MR) is 100 cm³/mol. The van der Waals surface area contributed by atoms with Gasteiger partial charge in [0.05, 0.1) is 12.4 Å². The first-order valence-electron chi connectivity index (χ1n) is 8.99. The monoisotopic (exact) mass is 357 g/mol. The van der Waals surface area contributed by atoms with E-state index in [2.05, 4.69) is 19.8 Å². The van der Waals surface area contributed by atoms with Crippen molar-refractivity contribution in [2.24, 2.45) is 0 Å². The second-order valence-corrected chi connectivity index (χ2v) is 6.19. The van der Waals surface area contributed by atoms with Gasteiger partial charge in [0, 0.05) is 45.0 Å². The van der Waals surface area contributed by atoms with Gasteiger partial charge in [-0.15, -0.1) is 0 Å². The summed E-state index contributed by atoms with van der Waals surface area (Å²) in [5.74, 6) is 0.469. The Morgan fingerprint density at radius 2 is 1.62 bits per heavy atom. The van der Waals surface area contributed by atoms with Crippen molar-refractivity contribution in [3.05, 3.63) is 48.2 Å². The van der Waals surface area contributed by atoms with Crippen LogP contribution in [0.5, 0.6) is 0 Å². The molecule has 7 heteroatoms. The Labute approximate surface area is 153 Å². The number of hydrogen-bond donors (Lipinski definition) is 0. The maximum Gasteiger partial charge on any atom is 0.274 e. The van der Waals surface area contributed by atoms with Crippen LogP contribution in [0.3, 0.4) is 0 Å². The van der Waals surface area contributed by atoms with Crippen molar-refractivity contribution in [3.8, 4) is 0 Å². The van der Waals surface area contributed by atoms with Crippen LogP contribution >= 0.6 is 0 Å². The van der Waals surface area contributed by atoms with Gasteiger partial charge in [-0.1, -0.05) is 0 Å². The van der Waals surface area contributed by atoms with Crippen LogP contribution in [-0.2, 0) is 0 Å². The number of benzene rings is 1. The maximum atomic E-state index is 13.1. The molecule has 0 aliphatic carbocycles. The molecule has 2 heterocycles. The molecule has 1 aliphatic rings. The third-order valence-electron chi connectivity index (χ3n) is 4.70. The molecule has 0 atom stereocenters. The van der Waals surface area contributed by atoms with Gasteiger partial charge in [0.2, 0.25) is 0 Å². The van der Waals surface area contributed by atoms with E-state index in [1.807, 2.05) is 13.8 Å². The number of halogens is 1. The normalized spacial score (nSPS) is 14.4. The van der Waals surface area contributed by atoms with Gasteiger partial charge in [0.25, 0.3) is 5.91 Å². The highest BCUT2D eigenvalue weighted by atomic mass is 19.1. The van der Waals surface area contributed by atoms with Gasteiger partial charge in [-0.05, 0) is 38.1 Å². The van der Waals surface area contributed by atoms with E-state index in [0.717, 1.165) is 37.7 Å². The summed E-state index contributed by atoms with van der Waals surface area (Å²) in [6.45, 7) is 8.47. The Morgan fingerprint density at radius 1 is 1.00 bits per heavy atom. The molecule has 1 aliphatic heterocycles. The van der Waals surface area contributed by atoms with Gasteiger partial charge >= 0.3 is 0 Å². The zero-order valence-corrected chi connectivity index (χ0v) is 15.2. The number of nitrogens with zero attached hydrogens (tertiary/aromatic N) is 5. The molecular formula is C19H24FN5O. The predicted octanol–water partition coefficient (Wildman–Crippen LogP) is 2.42. The van der Waals surface area contributed by atoms with E-state index in [9.17, 15) is 9.18 Å². The lowest BCUT2D eigenvalue weighted by Gasteiger charge is -2.36. The van der Waals surface area contributed by atoms with Crippen LogP contribution in [-0.4, -0.2) is 60.0 Å². The quantitative estimate of drug-likeness (QED) is 0.823. The number of amides is 1. The van der Waals surface area contributed by atoms with Crippen molar-refractivity contribution < 1.29 is 9.18 Å². The Balaban J connectivity index is 1.61. The van der Waals surface area contributed by atoms with Gasteiger partial charge in [-0.25, -0.2) is 14.4 Å². The summed E-state index contributed by atoms with van der Waals surface area (Å²) < 4.78 is 13.1. The molecule has 0 spiro atoms. The average Bonchev–Trinajstić information content (AvgIpc) is 2.70. The highest BCUT2D eigenvalue weighted by Crippen LogP contribution is 2.19. The Morgan fingerprint density at radius 3 is 2.15 bits per heavy atom. The Kier molecular flexibility index (Phi) is 5.65. The van der Waals surface area contributed by atoms with Crippen LogP contribution in [0.15, 0.2) is 36.7 Å². The molecule has 1 aromatic carbocycles. The van der Waals surface area contributed by atoms with Crippen molar-refractivity contribution >= 4 is 17.4 Å². The second kappa shape index (κ2) is 8.12. The lowest BCUT2D eigenvalue weighted by molar-refractivity contribution is 0.0766. The molecule has 1 amide bonds. The fraction of sp³-hybridized carbons (Fsp3) is 0.421. The van der Waals surface area contributed by atoms with E-state index in [1.165, 1.54) is 12.1 Å². The number of anilines is 2. The first-order valence-corrected chi connectivity index (χ1v) is 8.99. The van der Waals surface area contributed by atoms with E-state index < -0.39 is 0 Å².